The van der Waals surface area contributed by atoms with Crippen molar-refractivity contribution < 1.29 is 5.11 Å². The van der Waals surface area contributed by atoms with Crippen molar-refractivity contribution in [2.45, 2.75) is 60.3 Å². The highest BCUT2D eigenvalue weighted by Crippen LogP contribution is 1.95. The Morgan fingerprint density at radius 1 is 0.786 bits per heavy atom. The van der Waals surface area contributed by atoms with Gasteiger partial charge in [-0.15, -0.1) is 0 Å². The fourth-order valence-electron chi connectivity index (χ4n) is 0.750. The molecular weight excluding hydrogens is 174 g/mol. The Kier molecular flexibility index (Phi) is 40.7. The standard InChI is InChI=1S/C6H14.C4H11N.C2H6O/c1-3-5-6-4-2;1-3-5-4-2;1-2-3/h3-6H2,1-2H3;5H,3-4H2,1-2H3;3H,2H2,1H3. The maximum Gasteiger partial charge on any atom is 0.0402 e. The van der Waals surface area contributed by atoms with E-state index in [1.54, 1.807) is 6.92 Å². The van der Waals surface area contributed by atoms with Gasteiger partial charge in [0.05, 0.1) is 0 Å². The molecule has 0 rings (SSSR count). The van der Waals surface area contributed by atoms with Gasteiger partial charge in [0.1, 0.15) is 0 Å². The highest BCUT2D eigenvalue weighted by molar-refractivity contribution is 4.31. The highest BCUT2D eigenvalue weighted by Gasteiger charge is 1.75. The maximum absolute atomic E-state index is 7.57. The Hall–Kier alpha value is -0.0800. The molecule has 0 radical (unpaired) electrons. The van der Waals surface area contributed by atoms with Gasteiger partial charge in [-0.2, -0.15) is 0 Å². The fraction of sp³-hybridized carbons (Fsp3) is 1.00. The van der Waals surface area contributed by atoms with E-state index in [0.717, 1.165) is 13.1 Å². The van der Waals surface area contributed by atoms with Gasteiger partial charge in [-0.3, -0.25) is 0 Å². The van der Waals surface area contributed by atoms with Crippen LogP contribution >= 0.6 is 0 Å². The molecule has 90 valence electrons. The van der Waals surface area contributed by atoms with Gasteiger partial charge in [-0.1, -0.05) is 53.4 Å². The molecule has 0 saturated heterocycles. The Labute approximate surface area is 91.1 Å². The van der Waals surface area contributed by atoms with Gasteiger partial charge in [-0.25, -0.2) is 0 Å². The quantitative estimate of drug-likeness (QED) is 0.676. The van der Waals surface area contributed by atoms with Gasteiger partial charge in [0.25, 0.3) is 0 Å². The lowest BCUT2D eigenvalue weighted by molar-refractivity contribution is 0.318. The Morgan fingerprint density at radius 2 is 1.07 bits per heavy atom. The number of aliphatic hydroxyl groups is 1. The van der Waals surface area contributed by atoms with Crippen LogP contribution in [0.4, 0.5) is 0 Å². The summed E-state index contributed by atoms with van der Waals surface area (Å²) in [4.78, 5) is 0. The van der Waals surface area contributed by atoms with Crippen LogP contribution in [0.5, 0.6) is 0 Å². The van der Waals surface area contributed by atoms with Crippen molar-refractivity contribution in [3.05, 3.63) is 0 Å². The normalized spacial score (nSPS) is 8.14. The Bertz CT molecular complexity index is 52.3. The van der Waals surface area contributed by atoms with E-state index < -0.39 is 0 Å². The number of rotatable bonds is 5. The summed E-state index contributed by atoms with van der Waals surface area (Å²) in [5.41, 5.74) is 0. The molecule has 0 fully saturated rings. The van der Waals surface area contributed by atoms with Crippen LogP contribution in [0.25, 0.3) is 0 Å². The summed E-state index contributed by atoms with van der Waals surface area (Å²) in [6.07, 6.45) is 5.54. The van der Waals surface area contributed by atoms with Crippen molar-refractivity contribution in [1.29, 1.82) is 0 Å². The molecule has 0 aromatic heterocycles. The lowest BCUT2D eigenvalue weighted by atomic mass is 10.2. The van der Waals surface area contributed by atoms with Crippen molar-refractivity contribution in [3.8, 4) is 0 Å². The molecule has 0 spiro atoms. The summed E-state index contributed by atoms with van der Waals surface area (Å²) < 4.78 is 0. The van der Waals surface area contributed by atoms with Crippen molar-refractivity contribution in [2.75, 3.05) is 19.7 Å². The van der Waals surface area contributed by atoms with Crippen molar-refractivity contribution in [1.82, 2.24) is 5.32 Å². The smallest absolute Gasteiger partial charge is 0.0402 e. The molecule has 14 heavy (non-hydrogen) atoms. The van der Waals surface area contributed by atoms with Gasteiger partial charge >= 0.3 is 0 Å². The highest BCUT2D eigenvalue weighted by atomic mass is 16.2. The Morgan fingerprint density at radius 3 is 1.14 bits per heavy atom. The molecule has 2 nitrogen and oxygen atoms in total. The summed E-state index contributed by atoms with van der Waals surface area (Å²) in [5, 5.41) is 10.7. The minimum absolute atomic E-state index is 0.250. The molecule has 0 saturated carbocycles. The lowest BCUT2D eigenvalue weighted by Crippen LogP contribution is -2.09. The predicted octanol–water partition coefficient (Wildman–Crippen LogP) is 3.20. The number of nitrogens with one attached hydrogen (secondary N) is 1. The largest absolute Gasteiger partial charge is 0.397 e. The van der Waals surface area contributed by atoms with Crippen molar-refractivity contribution in [3.63, 3.8) is 0 Å². The monoisotopic (exact) mass is 205 g/mol. The first-order valence-electron chi connectivity index (χ1n) is 6.06. The zero-order valence-electron chi connectivity index (χ0n) is 10.9. The van der Waals surface area contributed by atoms with E-state index in [-0.39, 0.29) is 6.61 Å². The zero-order valence-corrected chi connectivity index (χ0v) is 10.9. The molecule has 0 aliphatic carbocycles. The molecule has 0 amide bonds. The average molecular weight is 205 g/mol. The molecule has 0 aromatic rings. The van der Waals surface area contributed by atoms with Gasteiger partial charge in [0.15, 0.2) is 0 Å². The fourth-order valence-corrected chi connectivity index (χ4v) is 0.750. The van der Waals surface area contributed by atoms with E-state index in [4.69, 9.17) is 5.11 Å². The summed E-state index contributed by atoms with van der Waals surface area (Å²) in [5.74, 6) is 0. The first kappa shape index (κ1) is 19.5. The van der Waals surface area contributed by atoms with Gasteiger partial charge in [0.2, 0.25) is 0 Å². The molecule has 2 N–H and O–H groups in total. The van der Waals surface area contributed by atoms with Crippen LogP contribution in [0, 0.1) is 0 Å². The summed E-state index contributed by atoms with van der Waals surface area (Å²) in [6.45, 7) is 12.8. The molecule has 0 aliphatic rings. The molecular formula is C12H31NO. The lowest BCUT2D eigenvalue weighted by Gasteiger charge is -1.86. The molecule has 0 heterocycles. The summed E-state index contributed by atoms with van der Waals surface area (Å²) in [7, 11) is 0. The van der Waals surface area contributed by atoms with Crippen LogP contribution in [0.1, 0.15) is 60.3 Å². The minimum Gasteiger partial charge on any atom is -0.397 e. The predicted molar refractivity (Wildman–Crippen MR) is 66.8 cm³/mol. The van der Waals surface area contributed by atoms with Crippen LogP contribution < -0.4 is 5.32 Å². The number of aliphatic hydroxyl groups excluding tert-OH is 1. The third-order valence-corrected chi connectivity index (χ3v) is 1.46. The molecule has 0 bridgehead atoms. The minimum atomic E-state index is 0.250. The van der Waals surface area contributed by atoms with E-state index in [9.17, 15) is 0 Å². The van der Waals surface area contributed by atoms with Crippen LogP contribution in [0.3, 0.4) is 0 Å². The Balaban J connectivity index is -0.000000138. The average Bonchev–Trinajstić information content (AvgIpc) is 2.18. The van der Waals surface area contributed by atoms with Crippen LogP contribution in [0.2, 0.25) is 0 Å². The summed E-state index contributed by atoms with van der Waals surface area (Å²) in [6, 6.07) is 0. The molecule has 0 aliphatic heterocycles. The first-order valence-corrected chi connectivity index (χ1v) is 6.06. The van der Waals surface area contributed by atoms with Gasteiger partial charge in [-0.05, 0) is 20.0 Å². The van der Waals surface area contributed by atoms with Crippen LogP contribution in [-0.2, 0) is 0 Å². The third kappa shape index (κ3) is 58.7. The molecule has 0 atom stereocenters. The van der Waals surface area contributed by atoms with E-state index in [1.807, 2.05) is 0 Å². The zero-order chi connectivity index (χ0) is 11.7. The third-order valence-electron chi connectivity index (χ3n) is 1.46. The SMILES string of the molecule is CCCCCC.CCNCC.CCO. The van der Waals surface area contributed by atoms with Gasteiger partial charge in [0, 0.05) is 6.61 Å². The molecule has 0 unspecified atom stereocenters. The van der Waals surface area contributed by atoms with E-state index in [2.05, 4.69) is 33.0 Å². The second-order valence-corrected chi connectivity index (χ2v) is 2.98. The second kappa shape index (κ2) is 29.3. The van der Waals surface area contributed by atoms with E-state index >= 15 is 0 Å². The number of hydrogen-bond donors (Lipinski definition) is 2. The molecule has 0 aromatic carbocycles. The van der Waals surface area contributed by atoms with Crippen molar-refractivity contribution >= 4 is 0 Å². The second-order valence-electron chi connectivity index (χ2n) is 2.98. The summed E-state index contributed by atoms with van der Waals surface area (Å²) >= 11 is 0. The van der Waals surface area contributed by atoms with E-state index in [0.29, 0.717) is 0 Å². The van der Waals surface area contributed by atoms with Gasteiger partial charge < -0.3 is 10.4 Å². The number of hydrogen-bond acceptors (Lipinski definition) is 2. The van der Waals surface area contributed by atoms with Crippen LogP contribution in [0.15, 0.2) is 0 Å². The van der Waals surface area contributed by atoms with Crippen molar-refractivity contribution in [2.24, 2.45) is 0 Å². The molecule has 2 heteroatoms. The first-order chi connectivity index (χ1) is 6.74. The number of unbranched alkanes of at least 4 members (excludes halogenated alkanes) is 3. The van der Waals surface area contributed by atoms with Crippen LogP contribution in [-0.4, -0.2) is 24.8 Å². The van der Waals surface area contributed by atoms with E-state index in [1.165, 1.54) is 25.7 Å². The topological polar surface area (TPSA) is 32.3 Å². The maximum atomic E-state index is 7.57.